The van der Waals surface area contributed by atoms with Crippen molar-refractivity contribution in [2.24, 2.45) is 0 Å². The number of aryl methyl sites for hydroxylation is 1. The van der Waals surface area contributed by atoms with Gasteiger partial charge in [-0.05, 0) is 43.7 Å². The second-order valence-electron chi connectivity index (χ2n) is 7.55. The van der Waals surface area contributed by atoms with Crippen LogP contribution in [0.4, 0.5) is 11.5 Å². The van der Waals surface area contributed by atoms with Crippen LogP contribution in [0, 0.1) is 18.3 Å². The molecular weight excluding hydrogens is 390 g/mol. The molecule has 0 amide bonds. The summed E-state index contributed by atoms with van der Waals surface area (Å²) < 4.78 is 5.13. The van der Waals surface area contributed by atoms with Crippen molar-refractivity contribution in [1.29, 1.82) is 5.26 Å². The van der Waals surface area contributed by atoms with Gasteiger partial charge in [-0.2, -0.15) is 5.26 Å². The van der Waals surface area contributed by atoms with Gasteiger partial charge in [0, 0.05) is 31.9 Å². The molecule has 0 N–H and O–H groups in total. The van der Waals surface area contributed by atoms with E-state index in [0.29, 0.717) is 17.0 Å². The van der Waals surface area contributed by atoms with Crippen molar-refractivity contribution in [2.75, 3.05) is 42.6 Å². The zero-order valence-electron chi connectivity index (χ0n) is 17.8. The standard InChI is InChI=1S/C24H25N5O2/c1-3-31-24(30)19(16-25)22-23(27-21-10-5-4-9-20(21)26-22)29-13-11-28(12-14-29)18-8-6-7-17(2)15-18/h4-10,15,19H,3,11-14H2,1-2H3. The van der Waals surface area contributed by atoms with Crippen LogP contribution in [-0.2, 0) is 9.53 Å². The first-order valence-electron chi connectivity index (χ1n) is 10.5. The van der Waals surface area contributed by atoms with Crippen LogP contribution < -0.4 is 9.80 Å². The summed E-state index contributed by atoms with van der Waals surface area (Å²) in [6, 6.07) is 18.0. The number of aromatic nitrogens is 2. The lowest BCUT2D eigenvalue weighted by molar-refractivity contribution is -0.143. The maximum Gasteiger partial charge on any atom is 0.329 e. The van der Waals surface area contributed by atoms with Crippen LogP contribution in [0.5, 0.6) is 0 Å². The van der Waals surface area contributed by atoms with Crippen LogP contribution in [0.2, 0.25) is 0 Å². The molecule has 0 bridgehead atoms. The van der Waals surface area contributed by atoms with E-state index >= 15 is 0 Å². The quantitative estimate of drug-likeness (QED) is 0.590. The molecule has 1 aliphatic rings. The van der Waals surface area contributed by atoms with E-state index in [0.717, 1.165) is 31.7 Å². The monoisotopic (exact) mass is 415 g/mol. The highest BCUT2D eigenvalue weighted by Crippen LogP contribution is 2.29. The highest BCUT2D eigenvalue weighted by Gasteiger charge is 2.31. The third kappa shape index (κ3) is 4.29. The van der Waals surface area contributed by atoms with E-state index in [2.05, 4.69) is 52.0 Å². The molecule has 158 valence electrons. The largest absolute Gasteiger partial charge is 0.465 e. The minimum absolute atomic E-state index is 0.211. The Labute approximate surface area is 181 Å². The molecule has 1 aliphatic heterocycles. The fourth-order valence-corrected chi connectivity index (χ4v) is 3.88. The minimum atomic E-state index is -1.11. The fraction of sp³-hybridized carbons (Fsp3) is 0.333. The van der Waals surface area contributed by atoms with E-state index in [-0.39, 0.29) is 6.61 Å². The summed E-state index contributed by atoms with van der Waals surface area (Å²) in [5.41, 5.74) is 4.19. The number of para-hydroxylation sites is 2. The summed E-state index contributed by atoms with van der Waals surface area (Å²) in [7, 11) is 0. The Morgan fingerprint density at radius 2 is 1.74 bits per heavy atom. The Morgan fingerprint density at radius 1 is 1.06 bits per heavy atom. The maximum atomic E-state index is 12.5. The molecule has 1 fully saturated rings. The number of rotatable bonds is 5. The molecule has 0 radical (unpaired) electrons. The zero-order valence-corrected chi connectivity index (χ0v) is 17.8. The number of ether oxygens (including phenoxy) is 1. The molecule has 1 unspecified atom stereocenters. The van der Waals surface area contributed by atoms with Gasteiger partial charge in [0.15, 0.2) is 11.7 Å². The number of esters is 1. The summed E-state index contributed by atoms with van der Waals surface area (Å²) in [5, 5.41) is 9.74. The second-order valence-corrected chi connectivity index (χ2v) is 7.55. The lowest BCUT2D eigenvalue weighted by Crippen LogP contribution is -2.47. The van der Waals surface area contributed by atoms with Crippen molar-refractivity contribution in [1.82, 2.24) is 9.97 Å². The van der Waals surface area contributed by atoms with E-state index in [4.69, 9.17) is 9.72 Å². The number of carbonyl (C=O) groups excluding carboxylic acids is 1. The first kappa shape index (κ1) is 20.6. The Morgan fingerprint density at radius 3 is 2.39 bits per heavy atom. The maximum absolute atomic E-state index is 12.5. The Balaban J connectivity index is 1.66. The predicted octanol–water partition coefficient (Wildman–Crippen LogP) is 3.44. The number of hydrogen-bond acceptors (Lipinski definition) is 7. The highest BCUT2D eigenvalue weighted by molar-refractivity contribution is 5.85. The van der Waals surface area contributed by atoms with Crippen LogP contribution in [0.15, 0.2) is 48.5 Å². The van der Waals surface area contributed by atoms with Gasteiger partial charge >= 0.3 is 5.97 Å². The van der Waals surface area contributed by atoms with E-state index in [1.807, 2.05) is 24.3 Å². The van der Waals surface area contributed by atoms with Crippen LogP contribution in [-0.4, -0.2) is 48.7 Å². The number of benzene rings is 2. The third-order valence-electron chi connectivity index (χ3n) is 5.45. The van der Waals surface area contributed by atoms with Gasteiger partial charge in [0.05, 0.1) is 23.7 Å². The van der Waals surface area contributed by atoms with Gasteiger partial charge in [0.25, 0.3) is 0 Å². The number of fused-ring (bicyclic) bond motifs is 1. The predicted molar refractivity (Wildman–Crippen MR) is 120 cm³/mol. The Bertz CT molecular complexity index is 1130. The topological polar surface area (TPSA) is 82.3 Å². The first-order valence-corrected chi connectivity index (χ1v) is 10.5. The van der Waals surface area contributed by atoms with Gasteiger partial charge in [-0.3, -0.25) is 4.79 Å². The highest BCUT2D eigenvalue weighted by atomic mass is 16.5. The van der Waals surface area contributed by atoms with Gasteiger partial charge < -0.3 is 14.5 Å². The van der Waals surface area contributed by atoms with E-state index in [1.165, 1.54) is 11.3 Å². The van der Waals surface area contributed by atoms with Gasteiger partial charge in [0.2, 0.25) is 0 Å². The number of piperazine rings is 1. The number of nitrogens with zero attached hydrogens (tertiary/aromatic N) is 5. The minimum Gasteiger partial charge on any atom is -0.465 e. The summed E-state index contributed by atoms with van der Waals surface area (Å²) in [5.74, 6) is -1.11. The molecular formula is C24H25N5O2. The van der Waals surface area contributed by atoms with Gasteiger partial charge in [-0.25, -0.2) is 9.97 Å². The fourth-order valence-electron chi connectivity index (χ4n) is 3.88. The molecule has 3 aromatic rings. The summed E-state index contributed by atoms with van der Waals surface area (Å²) in [6.45, 7) is 7.09. The molecule has 31 heavy (non-hydrogen) atoms. The van der Waals surface area contributed by atoms with E-state index < -0.39 is 11.9 Å². The molecule has 4 rings (SSSR count). The molecule has 2 heterocycles. The summed E-state index contributed by atoms with van der Waals surface area (Å²) in [6.07, 6.45) is 0. The molecule has 0 aliphatic carbocycles. The number of carbonyl (C=O) groups is 1. The van der Waals surface area contributed by atoms with Crippen LogP contribution >= 0.6 is 0 Å². The lowest BCUT2D eigenvalue weighted by atomic mass is 10.1. The zero-order chi connectivity index (χ0) is 21.8. The molecule has 7 nitrogen and oxygen atoms in total. The molecule has 2 aromatic carbocycles. The van der Waals surface area contributed by atoms with Gasteiger partial charge in [-0.15, -0.1) is 0 Å². The second kappa shape index (κ2) is 9.00. The number of hydrogen-bond donors (Lipinski definition) is 0. The molecule has 1 saturated heterocycles. The SMILES string of the molecule is CCOC(=O)C(C#N)c1nc2ccccc2nc1N1CCN(c2cccc(C)c2)CC1. The van der Waals surface area contributed by atoms with Crippen molar-refractivity contribution < 1.29 is 9.53 Å². The van der Waals surface area contributed by atoms with E-state index in [1.54, 1.807) is 6.92 Å². The lowest BCUT2D eigenvalue weighted by Gasteiger charge is -2.37. The van der Waals surface area contributed by atoms with Crippen LogP contribution in [0.25, 0.3) is 11.0 Å². The van der Waals surface area contributed by atoms with Crippen LogP contribution in [0.3, 0.4) is 0 Å². The average molecular weight is 415 g/mol. The first-order chi connectivity index (χ1) is 15.1. The van der Waals surface area contributed by atoms with Crippen LogP contribution in [0.1, 0.15) is 24.1 Å². The average Bonchev–Trinajstić information content (AvgIpc) is 2.79. The molecule has 1 aromatic heterocycles. The smallest absolute Gasteiger partial charge is 0.329 e. The molecule has 0 spiro atoms. The molecule has 7 heteroatoms. The van der Waals surface area contributed by atoms with Crippen molar-refractivity contribution in [2.45, 2.75) is 19.8 Å². The Kier molecular flexibility index (Phi) is 5.99. The number of nitriles is 1. The third-order valence-corrected chi connectivity index (χ3v) is 5.45. The van der Waals surface area contributed by atoms with Crippen molar-refractivity contribution >= 4 is 28.5 Å². The van der Waals surface area contributed by atoms with Crippen molar-refractivity contribution in [3.8, 4) is 6.07 Å². The number of anilines is 2. The molecule has 1 atom stereocenters. The van der Waals surface area contributed by atoms with Crippen molar-refractivity contribution in [3.63, 3.8) is 0 Å². The van der Waals surface area contributed by atoms with Gasteiger partial charge in [-0.1, -0.05) is 24.3 Å². The Hall–Kier alpha value is -3.66. The van der Waals surface area contributed by atoms with E-state index in [9.17, 15) is 10.1 Å². The summed E-state index contributed by atoms with van der Waals surface area (Å²) in [4.78, 5) is 26.4. The van der Waals surface area contributed by atoms with Crippen molar-refractivity contribution in [3.05, 3.63) is 59.8 Å². The summed E-state index contributed by atoms with van der Waals surface area (Å²) >= 11 is 0. The normalized spacial score (nSPS) is 14.9. The van der Waals surface area contributed by atoms with Gasteiger partial charge in [0.1, 0.15) is 5.69 Å². The molecule has 0 saturated carbocycles.